The van der Waals surface area contributed by atoms with Gasteiger partial charge in [0.25, 0.3) is 5.91 Å². The third-order valence-electron chi connectivity index (χ3n) is 7.92. The Bertz CT molecular complexity index is 1110. The molecule has 2 fully saturated rings. The van der Waals surface area contributed by atoms with E-state index in [1.54, 1.807) is 6.07 Å². The molecule has 2 aliphatic rings. The molecule has 0 radical (unpaired) electrons. The molecule has 1 amide bonds. The molecule has 0 aromatic heterocycles. The summed E-state index contributed by atoms with van der Waals surface area (Å²) in [5, 5.41) is 2.90. The molecule has 2 saturated heterocycles. The van der Waals surface area contributed by atoms with Crippen molar-refractivity contribution in [3.8, 4) is 0 Å². The van der Waals surface area contributed by atoms with Crippen LogP contribution in [0.25, 0.3) is 0 Å². The van der Waals surface area contributed by atoms with Crippen LogP contribution in [0.5, 0.6) is 0 Å². The van der Waals surface area contributed by atoms with Crippen LogP contribution < -0.4 is 10.2 Å². The fraction of sp³-hybridized carbons (Fsp3) is 0.581. The van der Waals surface area contributed by atoms with Gasteiger partial charge >= 0.3 is 6.18 Å². The monoisotopic (exact) mass is 529 g/mol. The number of nitrogens with zero attached hydrogens (tertiary/aromatic N) is 2. The number of amides is 1. The molecule has 4 rings (SSSR count). The first kappa shape index (κ1) is 28.5. The highest BCUT2D eigenvalue weighted by Crippen LogP contribution is 2.36. The quantitative estimate of drug-likeness (QED) is 0.443. The van der Waals surface area contributed by atoms with E-state index in [1.807, 2.05) is 17.0 Å². The number of rotatable bonds is 4. The lowest BCUT2D eigenvalue weighted by Gasteiger charge is -2.38. The van der Waals surface area contributed by atoms with Crippen molar-refractivity contribution in [2.24, 2.45) is 0 Å². The Labute approximate surface area is 225 Å². The molecule has 2 aliphatic heterocycles. The van der Waals surface area contributed by atoms with Crippen LogP contribution in [0.4, 0.5) is 24.5 Å². The Morgan fingerprint density at radius 3 is 1.82 bits per heavy atom. The van der Waals surface area contributed by atoms with Crippen molar-refractivity contribution in [2.45, 2.75) is 90.3 Å². The third-order valence-corrected chi connectivity index (χ3v) is 7.92. The lowest BCUT2D eigenvalue weighted by molar-refractivity contribution is -0.137. The smallest absolute Gasteiger partial charge is 0.371 e. The van der Waals surface area contributed by atoms with E-state index in [1.165, 1.54) is 18.9 Å². The minimum atomic E-state index is -4.54. The molecule has 38 heavy (non-hydrogen) atoms. The first-order valence-corrected chi connectivity index (χ1v) is 13.8. The molecule has 2 heterocycles. The van der Waals surface area contributed by atoms with Gasteiger partial charge in [0.2, 0.25) is 0 Å². The first-order valence-electron chi connectivity index (χ1n) is 13.8. The van der Waals surface area contributed by atoms with E-state index in [-0.39, 0.29) is 16.4 Å². The van der Waals surface area contributed by atoms with Gasteiger partial charge in [0.1, 0.15) is 0 Å². The van der Waals surface area contributed by atoms with Crippen LogP contribution in [0.2, 0.25) is 0 Å². The molecular weight excluding hydrogens is 487 g/mol. The summed E-state index contributed by atoms with van der Waals surface area (Å²) in [6.45, 7) is 16.2. The van der Waals surface area contributed by atoms with Gasteiger partial charge in [-0.1, -0.05) is 47.6 Å². The molecule has 0 saturated carbocycles. The van der Waals surface area contributed by atoms with Crippen LogP contribution >= 0.6 is 0 Å². The number of alkyl halides is 3. The minimum Gasteiger partial charge on any atom is -0.371 e. The van der Waals surface area contributed by atoms with Gasteiger partial charge in [0.15, 0.2) is 0 Å². The average molecular weight is 530 g/mol. The van der Waals surface area contributed by atoms with Crippen LogP contribution in [0.15, 0.2) is 36.4 Å². The predicted molar refractivity (Wildman–Crippen MR) is 149 cm³/mol. The Hall–Kier alpha value is -2.54. The summed E-state index contributed by atoms with van der Waals surface area (Å²) in [4.78, 5) is 17.9. The maximum Gasteiger partial charge on any atom is 0.416 e. The number of anilines is 2. The predicted octanol–water partition coefficient (Wildman–Crippen LogP) is 7.62. The number of hydrogen-bond acceptors (Lipinski definition) is 3. The molecule has 0 unspecified atom stereocenters. The van der Waals surface area contributed by atoms with Crippen molar-refractivity contribution in [2.75, 3.05) is 36.4 Å². The highest BCUT2D eigenvalue weighted by molar-refractivity contribution is 6.05. The third kappa shape index (κ3) is 6.71. The molecule has 208 valence electrons. The standard InChI is InChI=1S/C31H42F3N3O/c1-29(2,3)22-17-23(30(4,5)6)19-25(18-22)35-28(38)21-15-24(31(32,33)34)20-27(16-21)37-13-9-26(10-14-37)36-11-7-8-12-36/h15-20,26H,7-14H2,1-6H3,(H,35,38). The molecule has 0 atom stereocenters. The van der Waals surface area contributed by atoms with Crippen molar-refractivity contribution in [1.82, 2.24) is 4.90 Å². The first-order chi connectivity index (χ1) is 17.6. The number of nitrogens with one attached hydrogen (secondary N) is 1. The second kappa shape index (κ2) is 10.6. The summed E-state index contributed by atoms with van der Waals surface area (Å²) < 4.78 is 41.6. The van der Waals surface area contributed by atoms with Crippen LogP contribution in [-0.4, -0.2) is 43.0 Å². The van der Waals surface area contributed by atoms with E-state index < -0.39 is 17.6 Å². The summed E-state index contributed by atoms with van der Waals surface area (Å²) in [6.07, 6.45) is -0.241. The van der Waals surface area contributed by atoms with Crippen molar-refractivity contribution in [1.29, 1.82) is 0 Å². The lowest BCUT2D eigenvalue weighted by atomic mass is 9.80. The zero-order valence-corrected chi connectivity index (χ0v) is 23.6. The lowest BCUT2D eigenvalue weighted by Crippen LogP contribution is -2.44. The zero-order chi connectivity index (χ0) is 27.9. The fourth-order valence-electron chi connectivity index (χ4n) is 5.45. The molecule has 2 aromatic rings. The summed E-state index contributed by atoms with van der Waals surface area (Å²) >= 11 is 0. The topological polar surface area (TPSA) is 35.6 Å². The highest BCUT2D eigenvalue weighted by atomic mass is 19.4. The largest absolute Gasteiger partial charge is 0.416 e. The molecule has 0 aliphatic carbocycles. The molecular formula is C31H42F3N3O. The Kier molecular flexibility index (Phi) is 7.91. The zero-order valence-electron chi connectivity index (χ0n) is 23.6. The minimum absolute atomic E-state index is 0.0231. The highest BCUT2D eigenvalue weighted by Gasteiger charge is 2.33. The van der Waals surface area contributed by atoms with Gasteiger partial charge < -0.3 is 15.1 Å². The summed E-state index contributed by atoms with van der Waals surface area (Å²) in [5.74, 6) is -0.532. The van der Waals surface area contributed by atoms with Gasteiger partial charge in [-0.25, -0.2) is 0 Å². The number of carbonyl (C=O) groups excluding carboxylic acids is 1. The summed E-state index contributed by atoms with van der Waals surface area (Å²) in [5.41, 5.74) is 2.12. The van der Waals surface area contributed by atoms with E-state index in [0.29, 0.717) is 30.5 Å². The maximum atomic E-state index is 13.9. The Morgan fingerprint density at radius 2 is 1.32 bits per heavy atom. The van der Waals surface area contributed by atoms with Crippen LogP contribution in [0.3, 0.4) is 0 Å². The molecule has 7 heteroatoms. The van der Waals surface area contributed by atoms with E-state index in [2.05, 4.69) is 57.8 Å². The van der Waals surface area contributed by atoms with Gasteiger partial charge in [0.05, 0.1) is 5.56 Å². The second-order valence-corrected chi connectivity index (χ2v) is 13.0. The summed E-state index contributed by atoms with van der Waals surface area (Å²) in [6, 6.07) is 10.2. The van der Waals surface area contributed by atoms with Crippen LogP contribution in [0.1, 0.15) is 94.3 Å². The van der Waals surface area contributed by atoms with E-state index in [9.17, 15) is 18.0 Å². The summed E-state index contributed by atoms with van der Waals surface area (Å²) in [7, 11) is 0. The van der Waals surface area contributed by atoms with Crippen LogP contribution in [-0.2, 0) is 17.0 Å². The Morgan fingerprint density at radius 1 is 0.763 bits per heavy atom. The molecule has 4 nitrogen and oxygen atoms in total. The molecule has 1 N–H and O–H groups in total. The van der Waals surface area contributed by atoms with Gasteiger partial charge in [-0.2, -0.15) is 13.2 Å². The van der Waals surface area contributed by atoms with Crippen molar-refractivity contribution >= 4 is 17.3 Å². The van der Waals surface area contributed by atoms with Gasteiger partial charge in [-0.05, 0) is 91.1 Å². The fourth-order valence-corrected chi connectivity index (χ4v) is 5.45. The number of benzene rings is 2. The Balaban J connectivity index is 1.61. The van der Waals surface area contributed by atoms with Gasteiger partial charge in [-0.3, -0.25) is 4.79 Å². The van der Waals surface area contributed by atoms with E-state index in [0.717, 1.165) is 43.1 Å². The molecule has 0 spiro atoms. The SMILES string of the molecule is CC(C)(C)c1cc(NC(=O)c2cc(N3CCC(N4CCCC4)CC3)cc(C(F)(F)F)c2)cc(C(C)(C)C)c1. The molecule has 2 aromatic carbocycles. The average Bonchev–Trinajstić information content (AvgIpc) is 3.37. The van der Waals surface area contributed by atoms with Crippen molar-refractivity contribution < 1.29 is 18.0 Å². The van der Waals surface area contributed by atoms with Gasteiger partial charge in [0, 0.05) is 36.1 Å². The number of carbonyl (C=O) groups is 1. The van der Waals surface area contributed by atoms with Crippen LogP contribution in [0, 0.1) is 0 Å². The maximum absolute atomic E-state index is 13.9. The van der Waals surface area contributed by atoms with Gasteiger partial charge in [-0.15, -0.1) is 0 Å². The molecule has 0 bridgehead atoms. The number of piperidine rings is 1. The van der Waals surface area contributed by atoms with Crippen molar-refractivity contribution in [3.63, 3.8) is 0 Å². The number of halogens is 3. The number of likely N-dealkylation sites (tertiary alicyclic amines) is 1. The normalized spacial score (nSPS) is 18.2. The van der Waals surface area contributed by atoms with E-state index >= 15 is 0 Å². The number of hydrogen-bond donors (Lipinski definition) is 1. The van der Waals surface area contributed by atoms with Crippen molar-refractivity contribution in [3.05, 3.63) is 58.7 Å². The van der Waals surface area contributed by atoms with E-state index in [4.69, 9.17) is 0 Å². The second-order valence-electron chi connectivity index (χ2n) is 13.0.